The van der Waals surface area contributed by atoms with Gasteiger partial charge in [-0.1, -0.05) is 30.3 Å². The number of imide groups is 1. The first-order chi connectivity index (χ1) is 11.4. The van der Waals surface area contributed by atoms with Crippen molar-refractivity contribution >= 4 is 23.6 Å². The van der Waals surface area contributed by atoms with Crippen molar-refractivity contribution < 1.29 is 19.2 Å². The van der Waals surface area contributed by atoms with Crippen molar-refractivity contribution in [3.8, 4) is 0 Å². The summed E-state index contributed by atoms with van der Waals surface area (Å²) >= 11 is 0. The molecule has 0 spiro atoms. The summed E-state index contributed by atoms with van der Waals surface area (Å²) in [6.45, 7) is 0.891. The van der Waals surface area contributed by atoms with Gasteiger partial charge in [0.2, 0.25) is 17.7 Å². The molecular formula is C16H20N4O4. The lowest BCUT2D eigenvalue weighted by molar-refractivity contribution is -0.152. The number of piperazine rings is 1. The minimum atomic E-state index is -0.950. The molecule has 0 aromatic heterocycles. The maximum atomic E-state index is 12.2. The van der Waals surface area contributed by atoms with Gasteiger partial charge in [-0.3, -0.25) is 24.1 Å². The largest absolute Gasteiger partial charge is 0.345 e. The SMILES string of the molecule is C[C@@H](NC(=O)[C@@H](N)Cc1ccccc1)C(=O)N1CC(=O)NCC1=O. The lowest BCUT2D eigenvalue weighted by Gasteiger charge is -2.28. The Labute approximate surface area is 139 Å². The fourth-order valence-corrected chi connectivity index (χ4v) is 2.33. The Balaban J connectivity index is 1.91. The van der Waals surface area contributed by atoms with Gasteiger partial charge in [0.1, 0.15) is 12.6 Å². The van der Waals surface area contributed by atoms with Gasteiger partial charge >= 0.3 is 0 Å². The normalized spacial score (nSPS) is 17.0. The van der Waals surface area contributed by atoms with Crippen molar-refractivity contribution in [2.75, 3.05) is 13.1 Å². The molecule has 0 unspecified atom stereocenters. The van der Waals surface area contributed by atoms with Crippen LogP contribution in [0.2, 0.25) is 0 Å². The molecule has 24 heavy (non-hydrogen) atoms. The fourth-order valence-electron chi connectivity index (χ4n) is 2.33. The van der Waals surface area contributed by atoms with Crippen LogP contribution in [-0.4, -0.2) is 53.7 Å². The number of carbonyl (C=O) groups excluding carboxylic acids is 4. The van der Waals surface area contributed by atoms with Crippen LogP contribution in [-0.2, 0) is 25.6 Å². The summed E-state index contributed by atoms with van der Waals surface area (Å²) in [6.07, 6.45) is 0.332. The van der Waals surface area contributed by atoms with E-state index in [1.807, 2.05) is 30.3 Å². The van der Waals surface area contributed by atoms with E-state index in [9.17, 15) is 19.2 Å². The van der Waals surface area contributed by atoms with Crippen LogP contribution in [0, 0.1) is 0 Å². The van der Waals surface area contributed by atoms with Gasteiger partial charge in [-0.05, 0) is 18.9 Å². The molecule has 1 saturated heterocycles. The third kappa shape index (κ3) is 4.39. The van der Waals surface area contributed by atoms with Gasteiger partial charge in [-0.2, -0.15) is 0 Å². The lowest BCUT2D eigenvalue weighted by atomic mass is 10.1. The van der Waals surface area contributed by atoms with Gasteiger partial charge < -0.3 is 16.4 Å². The molecule has 1 aromatic carbocycles. The van der Waals surface area contributed by atoms with Crippen molar-refractivity contribution in [2.24, 2.45) is 5.73 Å². The van der Waals surface area contributed by atoms with E-state index in [0.717, 1.165) is 10.5 Å². The highest BCUT2D eigenvalue weighted by molar-refractivity contribution is 6.05. The molecule has 0 bridgehead atoms. The Morgan fingerprint density at radius 1 is 1.29 bits per heavy atom. The molecular weight excluding hydrogens is 312 g/mol. The summed E-state index contributed by atoms with van der Waals surface area (Å²) in [5.41, 5.74) is 6.76. The molecule has 1 aliphatic rings. The maximum Gasteiger partial charge on any atom is 0.251 e. The molecule has 4 N–H and O–H groups in total. The van der Waals surface area contributed by atoms with E-state index in [0.29, 0.717) is 6.42 Å². The van der Waals surface area contributed by atoms with E-state index in [-0.39, 0.29) is 13.1 Å². The molecule has 1 heterocycles. The summed E-state index contributed by atoms with van der Waals surface area (Å²) in [5.74, 6) is -2.04. The Bertz CT molecular complexity index is 647. The van der Waals surface area contributed by atoms with Crippen molar-refractivity contribution in [3.63, 3.8) is 0 Å². The van der Waals surface area contributed by atoms with Gasteiger partial charge in [0.05, 0.1) is 12.6 Å². The van der Waals surface area contributed by atoms with Crippen molar-refractivity contribution in [1.29, 1.82) is 0 Å². The van der Waals surface area contributed by atoms with Crippen molar-refractivity contribution in [2.45, 2.75) is 25.4 Å². The van der Waals surface area contributed by atoms with Gasteiger partial charge in [0.25, 0.3) is 5.91 Å². The number of nitrogens with one attached hydrogen (secondary N) is 2. The molecule has 2 atom stereocenters. The number of carbonyl (C=O) groups is 4. The second kappa shape index (κ2) is 7.69. The van der Waals surface area contributed by atoms with Crippen LogP contribution >= 0.6 is 0 Å². The molecule has 0 radical (unpaired) electrons. The van der Waals surface area contributed by atoms with E-state index in [1.54, 1.807) is 0 Å². The van der Waals surface area contributed by atoms with Crippen LogP contribution in [0.3, 0.4) is 0 Å². The zero-order valence-electron chi connectivity index (χ0n) is 13.3. The monoisotopic (exact) mass is 332 g/mol. The molecule has 1 aliphatic heterocycles. The van der Waals surface area contributed by atoms with E-state index >= 15 is 0 Å². The van der Waals surface area contributed by atoms with Gasteiger partial charge in [-0.25, -0.2) is 0 Å². The third-order valence-corrected chi connectivity index (χ3v) is 3.67. The number of nitrogens with two attached hydrogens (primary N) is 1. The number of hydrogen-bond acceptors (Lipinski definition) is 5. The Morgan fingerprint density at radius 3 is 2.62 bits per heavy atom. The van der Waals surface area contributed by atoms with E-state index in [4.69, 9.17) is 5.73 Å². The molecule has 1 fully saturated rings. The second-order valence-electron chi connectivity index (χ2n) is 5.62. The van der Waals surface area contributed by atoms with Crippen LogP contribution in [0.1, 0.15) is 12.5 Å². The molecule has 8 heteroatoms. The topological polar surface area (TPSA) is 122 Å². The molecule has 0 saturated carbocycles. The first-order valence-electron chi connectivity index (χ1n) is 7.59. The predicted octanol–water partition coefficient (Wildman–Crippen LogP) is -1.45. The molecule has 2 rings (SSSR count). The highest BCUT2D eigenvalue weighted by Crippen LogP contribution is 2.04. The molecule has 1 aromatic rings. The summed E-state index contributed by atoms with van der Waals surface area (Å²) in [7, 11) is 0. The summed E-state index contributed by atoms with van der Waals surface area (Å²) in [4.78, 5) is 48.2. The molecule has 0 aliphatic carbocycles. The predicted molar refractivity (Wildman–Crippen MR) is 85.5 cm³/mol. The number of nitrogens with zero attached hydrogens (tertiary/aromatic N) is 1. The van der Waals surface area contributed by atoms with Gasteiger partial charge in [0, 0.05) is 0 Å². The highest BCUT2D eigenvalue weighted by Gasteiger charge is 2.32. The highest BCUT2D eigenvalue weighted by atomic mass is 16.2. The Morgan fingerprint density at radius 2 is 1.96 bits per heavy atom. The lowest BCUT2D eigenvalue weighted by Crippen LogP contribution is -2.59. The van der Waals surface area contributed by atoms with E-state index in [1.165, 1.54) is 6.92 Å². The standard InChI is InChI=1S/C16H20N4O4/c1-10(16(24)20-9-13(21)18-8-14(20)22)19-15(23)12(17)7-11-5-3-2-4-6-11/h2-6,10,12H,7-9,17H2,1H3,(H,18,21)(H,19,23)/t10-,12+/m1/s1. The van der Waals surface area contributed by atoms with Gasteiger partial charge in [-0.15, -0.1) is 0 Å². The Hall–Kier alpha value is -2.74. The summed E-state index contributed by atoms with van der Waals surface area (Å²) in [5, 5.41) is 4.85. The maximum absolute atomic E-state index is 12.2. The smallest absolute Gasteiger partial charge is 0.251 e. The first kappa shape index (κ1) is 17.6. The summed E-state index contributed by atoms with van der Waals surface area (Å²) < 4.78 is 0. The van der Waals surface area contributed by atoms with Crippen LogP contribution in [0.25, 0.3) is 0 Å². The third-order valence-electron chi connectivity index (χ3n) is 3.67. The average Bonchev–Trinajstić information content (AvgIpc) is 2.57. The zero-order chi connectivity index (χ0) is 17.7. The fraction of sp³-hybridized carbons (Fsp3) is 0.375. The summed E-state index contributed by atoms with van der Waals surface area (Å²) in [6, 6.07) is 7.50. The second-order valence-corrected chi connectivity index (χ2v) is 5.62. The Kier molecular flexibility index (Phi) is 5.64. The molecule has 8 nitrogen and oxygen atoms in total. The minimum absolute atomic E-state index is 0.223. The number of amides is 4. The van der Waals surface area contributed by atoms with Crippen molar-refractivity contribution in [1.82, 2.24) is 15.5 Å². The average molecular weight is 332 g/mol. The quantitative estimate of drug-likeness (QED) is 0.609. The molecule has 128 valence electrons. The van der Waals surface area contributed by atoms with E-state index in [2.05, 4.69) is 10.6 Å². The van der Waals surface area contributed by atoms with Crippen molar-refractivity contribution in [3.05, 3.63) is 35.9 Å². The first-order valence-corrected chi connectivity index (χ1v) is 7.59. The minimum Gasteiger partial charge on any atom is -0.345 e. The van der Waals surface area contributed by atoms with Crippen LogP contribution in [0.4, 0.5) is 0 Å². The van der Waals surface area contributed by atoms with Crippen LogP contribution < -0.4 is 16.4 Å². The van der Waals surface area contributed by atoms with Crippen LogP contribution in [0.15, 0.2) is 30.3 Å². The van der Waals surface area contributed by atoms with E-state index < -0.39 is 35.7 Å². The van der Waals surface area contributed by atoms with Gasteiger partial charge in [0.15, 0.2) is 0 Å². The van der Waals surface area contributed by atoms with Crippen LogP contribution in [0.5, 0.6) is 0 Å². The molecule has 4 amide bonds. The zero-order valence-corrected chi connectivity index (χ0v) is 13.3. The number of benzene rings is 1. The number of hydrogen-bond donors (Lipinski definition) is 3. The number of rotatable bonds is 5.